The zero-order valence-corrected chi connectivity index (χ0v) is 5.51. The van der Waals surface area contributed by atoms with Gasteiger partial charge in [-0.25, -0.2) is 0 Å². The Hall–Kier alpha value is -0.570. The van der Waals surface area contributed by atoms with Gasteiger partial charge in [0.05, 0.1) is 0 Å². The van der Waals surface area contributed by atoms with E-state index < -0.39 is 0 Å². The van der Waals surface area contributed by atoms with Crippen LogP contribution >= 0.6 is 0 Å². The Bertz CT molecular complexity index is 45.7. The van der Waals surface area contributed by atoms with E-state index in [-0.39, 0.29) is 6.47 Å². The quantitative estimate of drug-likeness (QED) is 0.488. The topological polar surface area (TPSA) is 49.3 Å². The van der Waals surface area contributed by atoms with Gasteiger partial charge >= 0.3 is 0 Å². The van der Waals surface area contributed by atoms with Crippen LogP contribution in [0.2, 0.25) is 0 Å². The molecule has 0 aromatic rings. The minimum Gasteiger partial charge on any atom is -0.483 e. The Labute approximate surface area is 49.7 Å². The molecule has 0 unspecified atom stereocenters. The standard InChI is InChI=1S/C4H11N.CH2O2/c1-4(2)5-3;2-1-3/h4-5H,1-3H3;1H,(H,2,3). The Kier molecular flexibility index (Phi) is 12.6. The van der Waals surface area contributed by atoms with E-state index in [4.69, 9.17) is 9.90 Å². The van der Waals surface area contributed by atoms with Gasteiger partial charge in [-0.3, -0.25) is 4.79 Å². The second-order valence-electron chi connectivity index (χ2n) is 1.55. The van der Waals surface area contributed by atoms with Crippen molar-refractivity contribution in [2.45, 2.75) is 19.9 Å². The summed E-state index contributed by atoms with van der Waals surface area (Å²) in [4.78, 5) is 8.36. The molecule has 0 saturated carbocycles. The average molecular weight is 119 g/mol. The van der Waals surface area contributed by atoms with Crippen molar-refractivity contribution in [1.82, 2.24) is 5.32 Å². The van der Waals surface area contributed by atoms with Crippen LogP contribution in [0.3, 0.4) is 0 Å². The first kappa shape index (κ1) is 10.4. The summed E-state index contributed by atoms with van der Waals surface area (Å²) in [6.07, 6.45) is 0. The van der Waals surface area contributed by atoms with Gasteiger partial charge in [0, 0.05) is 6.04 Å². The molecule has 0 atom stereocenters. The third-order valence-corrected chi connectivity index (χ3v) is 0.577. The lowest BCUT2D eigenvalue weighted by Crippen LogP contribution is -2.15. The molecule has 50 valence electrons. The Morgan fingerprint density at radius 2 is 1.75 bits per heavy atom. The van der Waals surface area contributed by atoms with E-state index >= 15 is 0 Å². The van der Waals surface area contributed by atoms with Crippen molar-refractivity contribution >= 4 is 6.47 Å². The monoisotopic (exact) mass is 119 g/mol. The summed E-state index contributed by atoms with van der Waals surface area (Å²) in [5.41, 5.74) is 0. The molecule has 8 heavy (non-hydrogen) atoms. The second-order valence-corrected chi connectivity index (χ2v) is 1.55. The maximum absolute atomic E-state index is 8.36. The van der Waals surface area contributed by atoms with Crippen molar-refractivity contribution in [2.24, 2.45) is 0 Å². The highest BCUT2D eigenvalue weighted by atomic mass is 16.3. The predicted octanol–water partition coefficient (Wildman–Crippen LogP) is 0.315. The maximum Gasteiger partial charge on any atom is 0.290 e. The molecule has 0 aromatic heterocycles. The van der Waals surface area contributed by atoms with Crippen molar-refractivity contribution in [3.05, 3.63) is 0 Å². The van der Waals surface area contributed by atoms with Crippen molar-refractivity contribution in [3.63, 3.8) is 0 Å². The zero-order valence-electron chi connectivity index (χ0n) is 5.51. The zero-order chi connectivity index (χ0) is 6.99. The average Bonchev–Trinajstić information content (AvgIpc) is 1.69. The molecule has 0 bridgehead atoms. The van der Waals surface area contributed by atoms with Gasteiger partial charge in [0.15, 0.2) is 0 Å². The first-order chi connectivity index (χ1) is 3.68. The van der Waals surface area contributed by atoms with Crippen LogP contribution in [-0.4, -0.2) is 24.7 Å². The molecular weight excluding hydrogens is 106 g/mol. The van der Waals surface area contributed by atoms with Crippen LogP contribution in [0.5, 0.6) is 0 Å². The SMILES string of the molecule is CNC(C)C.O=CO. The number of hydrogen-bond acceptors (Lipinski definition) is 2. The minimum atomic E-state index is -0.250. The van der Waals surface area contributed by atoms with Gasteiger partial charge in [-0.05, 0) is 7.05 Å². The fourth-order valence-corrected chi connectivity index (χ4v) is 0. The molecule has 0 aliphatic carbocycles. The molecule has 0 rings (SSSR count). The smallest absolute Gasteiger partial charge is 0.290 e. The van der Waals surface area contributed by atoms with Gasteiger partial charge in [-0.2, -0.15) is 0 Å². The Morgan fingerprint density at radius 3 is 1.75 bits per heavy atom. The van der Waals surface area contributed by atoms with Crippen LogP contribution < -0.4 is 5.32 Å². The third kappa shape index (κ3) is 52.1. The molecular formula is C5H13NO2. The van der Waals surface area contributed by atoms with Gasteiger partial charge in [0.25, 0.3) is 6.47 Å². The van der Waals surface area contributed by atoms with Gasteiger partial charge in [-0.1, -0.05) is 13.8 Å². The molecule has 0 aliphatic heterocycles. The van der Waals surface area contributed by atoms with E-state index in [1.54, 1.807) is 0 Å². The number of carboxylic acid groups (broad SMARTS) is 1. The highest BCUT2D eigenvalue weighted by Gasteiger charge is 1.76. The van der Waals surface area contributed by atoms with Crippen LogP contribution in [0.1, 0.15) is 13.8 Å². The van der Waals surface area contributed by atoms with E-state index in [0.717, 1.165) is 0 Å². The predicted molar refractivity (Wildman–Crippen MR) is 32.9 cm³/mol. The van der Waals surface area contributed by atoms with Crippen LogP contribution in [0.25, 0.3) is 0 Å². The number of carbonyl (C=O) groups is 1. The van der Waals surface area contributed by atoms with Crippen LogP contribution in [0.15, 0.2) is 0 Å². The fourth-order valence-electron chi connectivity index (χ4n) is 0. The van der Waals surface area contributed by atoms with Crippen molar-refractivity contribution in [3.8, 4) is 0 Å². The first-order valence-corrected chi connectivity index (χ1v) is 2.44. The summed E-state index contributed by atoms with van der Waals surface area (Å²) >= 11 is 0. The number of nitrogens with one attached hydrogen (secondary N) is 1. The summed E-state index contributed by atoms with van der Waals surface area (Å²) in [7, 11) is 1.95. The summed E-state index contributed by atoms with van der Waals surface area (Å²) in [6.45, 7) is 3.97. The van der Waals surface area contributed by atoms with E-state index in [0.29, 0.717) is 6.04 Å². The maximum atomic E-state index is 8.36. The van der Waals surface area contributed by atoms with E-state index in [1.165, 1.54) is 0 Å². The van der Waals surface area contributed by atoms with Gasteiger partial charge in [-0.15, -0.1) is 0 Å². The highest BCUT2D eigenvalue weighted by Crippen LogP contribution is 1.66. The van der Waals surface area contributed by atoms with Crippen molar-refractivity contribution in [1.29, 1.82) is 0 Å². The Balaban J connectivity index is 0. The van der Waals surface area contributed by atoms with E-state index in [1.807, 2.05) is 7.05 Å². The number of rotatable bonds is 1. The summed E-state index contributed by atoms with van der Waals surface area (Å²) in [6, 6.07) is 0.634. The Morgan fingerprint density at radius 1 is 1.62 bits per heavy atom. The van der Waals surface area contributed by atoms with Gasteiger partial charge in [0.2, 0.25) is 0 Å². The van der Waals surface area contributed by atoms with Crippen LogP contribution in [0, 0.1) is 0 Å². The van der Waals surface area contributed by atoms with Crippen LogP contribution in [-0.2, 0) is 4.79 Å². The molecule has 3 nitrogen and oxygen atoms in total. The van der Waals surface area contributed by atoms with Crippen molar-refractivity contribution in [2.75, 3.05) is 7.05 Å². The second kappa shape index (κ2) is 9.66. The third-order valence-electron chi connectivity index (χ3n) is 0.577. The van der Waals surface area contributed by atoms with Gasteiger partial charge < -0.3 is 10.4 Å². The van der Waals surface area contributed by atoms with Gasteiger partial charge in [0.1, 0.15) is 0 Å². The number of hydrogen-bond donors (Lipinski definition) is 2. The fraction of sp³-hybridized carbons (Fsp3) is 0.800. The molecule has 0 saturated heterocycles. The molecule has 0 spiro atoms. The molecule has 0 aromatic carbocycles. The van der Waals surface area contributed by atoms with E-state index in [9.17, 15) is 0 Å². The lowest BCUT2D eigenvalue weighted by molar-refractivity contribution is -0.122. The molecule has 2 N–H and O–H groups in total. The summed E-state index contributed by atoms with van der Waals surface area (Å²) in [5, 5.41) is 9.92. The molecule has 0 fully saturated rings. The highest BCUT2D eigenvalue weighted by molar-refractivity contribution is 5.32. The first-order valence-electron chi connectivity index (χ1n) is 2.44. The molecule has 3 heteroatoms. The lowest BCUT2D eigenvalue weighted by Gasteiger charge is -1.95. The molecule has 0 radical (unpaired) electrons. The van der Waals surface area contributed by atoms with E-state index in [2.05, 4.69) is 19.2 Å². The van der Waals surface area contributed by atoms with Crippen LogP contribution in [0.4, 0.5) is 0 Å². The lowest BCUT2D eigenvalue weighted by atomic mass is 10.4. The normalized spacial score (nSPS) is 7.50. The largest absolute Gasteiger partial charge is 0.483 e. The minimum absolute atomic E-state index is 0.250. The summed E-state index contributed by atoms with van der Waals surface area (Å²) < 4.78 is 0. The molecule has 0 aliphatic rings. The molecule has 0 amide bonds. The summed E-state index contributed by atoms with van der Waals surface area (Å²) in [5.74, 6) is 0. The molecule has 0 heterocycles. The van der Waals surface area contributed by atoms with Crippen molar-refractivity contribution < 1.29 is 9.90 Å².